The molecule has 0 atom stereocenters. The number of allylic oxidation sites excluding steroid dienone is 3. The zero-order chi connectivity index (χ0) is 14.9. The monoisotopic (exact) mass is 280 g/mol. The van der Waals surface area contributed by atoms with Gasteiger partial charge in [0, 0.05) is 18.9 Å². The van der Waals surface area contributed by atoms with Gasteiger partial charge in [-0.2, -0.15) is 0 Å². The SMILES string of the molecule is C=C(F)C(=O)CC/C(C)=C/CCC#CC[Si](C)(C)C. The van der Waals surface area contributed by atoms with Crippen molar-refractivity contribution in [2.24, 2.45) is 0 Å². The van der Waals surface area contributed by atoms with Gasteiger partial charge in [0.05, 0.1) is 8.07 Å². The lowest BCUT2D eigenvalue weighted by molar-refractivity contribution is -0.116. The molecule has 0 amide bonds. The van der Waals surface area contributed by atoms with Gasteiger partial charge in [-0.3, -0.25) is 4.79 Å². The zero-order valence-corrected chi connectivity index (χ0v) is 13.6. The molecule has 19 heavy (non-hydrogen) atoms. The molecule has 0 spiro atoms. The van der Waals surface area contributed by atoms with Gasteiger partial charge in [-0.25, -0.2) is 4.39 Å². The molecule has 0 bridgehead atoms. The highest BCUT2D eigenvalue weighted by molar-refractivity contribution is 6.76. The second kappa shape index (κ2) is 8.87. The third kappa shape index (κ3) is 11.7. The van der Waals surface area contributed by atoms with Crippen molar-refractivity contribution in [1.29, 1.82) is 0 Å². The van der Waals surface area contributed by atoms with E-state index in [1.165, 1.54) is 0 Å². The Bertz CT molecular complexity index is 405. The van der Waals surface area contributed by atoms with Crippen LogP contribution >= 0.6 is 0 Å². The predicted octanol–water partition coefficient (Wildman–Crippen LogP) is 4.89. The molecule has 0 radical (unpaired) electrons. The fourth-order valence-electron chi connectivity index (χ4n) is 1.36. The molecule has 0 saturated heterocycles. The lowest BCUT2D eigenvalue weighted by Crippen LogP contribution is -2.17. The number of carbonyl (C=O) groups is 1. The van der Waals surface area contributed by atoms with Crippen molar-refractivity contribution in [3.63, 3.8) is 0 Å². The quantitative estimate of drug-likeness (QED) is 0.213. The highest BCUT2D eigenvalue weighted by atomic mass is 28.3. The predicted molar refractivity (Wildman–Crippen MR) is 83.4 cm³/mol. The second-order valence-electron chi connectivity index (χ2n) is 6.01. The summed E-state index contributed by atoms with van der Waals surface area (Å²) in [5.74, 6) is 5.07. The van der Waals surface area contributed by atoms with Gasteiger partial charge in [-0.05, 0) is 19.8 Å². The van der Waals surface area contributed by atoms with Gasteiger partial charge in [-0.1, -0.05) is 37.9 Å². The van der Waals surface area contributed by atoms with Crippen LogP contribution < -0.4 is 0 Å². The third-order valence-corrected chi connectivity index (χ3v) is 3.79. The molecule has 0 saturated carbocycles. The van der Waals surface area contributed by atoms with E-state index in [4.69, 9.17) is 0 Å². The van der Waals surface area contributed by atoms with Crippen LogP contribution in [0.25, 0.3) is 0 Å². The van der Waals surface area contributed by atoms with E-state index in [1.54, 1.807) is 0 Å². The number of Topliss-reactive ketones (excluding diaryl/α,β-unsaturated/α-hetero) is 1. The molecule has 0 heterocycles. The van der Waals surface area contributed by atoms with Crippen molar-refractivity contribution in [3.05, 3.63) is 24.1 Å². The maximum absolute atomic E-state index is 12.5. The molecule has 106 valence electrons. The molecule has 0 aliphatic carbocycles. The first-order chi connectivity index (χ1) is 8.72. The van der Waals surface area contributed by atoms with E-state index >= 15 is 0 Å². The van der Waals surface area contributed by atoms with E-state index in [0.29, 0.717) is 6.42 Å². The number of halogens is 1. The third-order valence-electron chi connectivity index (χ3n) is 2.55. The lowest BCUT2D eigenvalue weighted by atomic mass is 10.1. The van der Waals surface area contributed by atoms with Crippen molar-refractivity contribution in [2.75, 3.05) is 0 Å². The van der Waals surface area contributed by atoms with Crippen molar-refractivity contribution < 1.29 is 9.18 Å². The van der Waals surface area contributed by atoms with Crippen LogP contribution in [0.5, 0.6) is 0 Å². The summed E-state index contributed by atoms with van der Waals surface area (Å²) in [7, 11) is -1.05. The first-order valence-electron chi connectivity index (χ1n) is 6.71. The summed E-state index contributed by atoms with van der Waals surface area (Å²) in [6.07, 6.45) is 4.64. The standard InChI is InChI=1S/C16H25FOSi/c1-14(11-12-16(18)15(2)17)10-8-6-7-9-13-19(3,4)5/h10H,2,6,8,11-13H2,1,3-5H3/b14-10+. The Morgan fingerprint density at radius 2 is 1.89 bits per heavy atom. The fourth-order valence-corrected chi connectivity index (χ4v) is 2.01. The first kappa shape index (κ1) is 17.9. The number of hydrogen-bond donors (Lipinski definition) is 0. The molecule has 0 aromatic carbocycles. The Morgan fingerprint density at radius 3 is 2.42 bits per heavy atom. The van der Waals surface area contributed by atoms with Crippen LogP contribution in [-0.2, 0) is 4.79 Å². The summed E-state index contributed by atoms with van der Waals surface area (Å²) in [6, 6.07) is 1.04. The van der Waals surface area contributed by atoms with Crippen molar-refractivity contribution >= 4 is 13.9 Å². The molecule has 0 N–H and O–H groups in total. The number of hydrogen-bond acceptors (Lipinski definition) is 1. The normalized spacial score (nSPS) is 11.7. The highest BCUT2D eigenvalue weighted by Crippen LogP contribution is 2.10. The van der Waals surface area contributed by atoms with Gasteiger partial charge in [-0.15, -0.1) is 11.8 Å². The molecule has 0 aromatic rings. The second-order valence-corrected chi connectivity index (χ2v) is 11.5. The van der Waals surface area contributed by atoms with E-state index in [-0.39, 0.29) is 6.42 Å². The number of unbranched alkanes of at least 4 members (excludes halogenated alkanes) is 1. The summed E-state index contributed by atoms with van der Waals surface area (Å²) in [5.41, 5.74) is 1.11. The Balaban J connectivity index is 3.88. The maximum atomic E-state index is 12.5. The minimum Gasteiger partial charge on any atom is -0.292 e. The van der Waals surface area contributed by atoms with Crippen molar-refractivity contribution in [2.45, 2.75) is 58.3 Å². The molecule has 0 aliphatic heterocycles. The van der Waals surface area contributed by atoms with E-state index in [1.807, 2.05) is 6.92 Å². The smallest absolute Gasteiger partial charge is 0.190 e. The van der Waals surface area contributed by atoms with Gasteiger partial charge in [0.1, 0.15) is 0 Å². The van der Waals surface area contributed by atoms with Crippen LogP contribution in [0.1, 0.15) is 32.6 Å². The van der Waals surface area contributed by atoms with Crippen LogP contribution in [0.3, 0.4) is 0 Å². The Kier molecular flexibility index (Phi) is 8.34. The molecule has 0 aromatic heterocycles. The van der Waals surface area contributed by atoms with Crippen LogP contribution in [0, 0.1) is 11.8 Å². The molecule has 0 rings (SSSR count). The Labute approximate surface area is 118 Å². The van der Waals surface area contributed by atoms with E-state index in [0.717, 1.165) is 24.5 Å². The van der Waals surface area contributed by atoms with Crippen LogP contribution in [-0.4, -0.2) is 13.9 Å². The summed E-state index contributed by atoms with van der Waals surface area (Å²) < 4.78 is 12.5. The molecule has 3 heteroatoms. The molecular formula is C16H25FOSi. The summed E-state index contributed by atoms with van der Waals surface area (Å²) in [5, 5.41) is 0. The number of ketones is 1. The van der Waals surface area contributed by atoms with Crippen LogP contribution in [0.15, 0.2) is 24.1 Å². The Morgan fingerprint density at radius 1 is 1.26 bits per heavy atom. The fraction of sp³-hybridized carbons (Fsp3) is 0.562. The average molecular weight is 280 g/mol. The van der Waals surface area contributed by atoms with Gasteiger partial charge >= 0.3 is 0 Å². The summed E-state index contributed by atoms with van der Waals surface area (Å²) in [6.45, 7) is 11.9. The topological polar surface area (TPSA) is 17.1 Å². The highest BCUT2D eigenvalue weighted by Gasteiger charge is 2.09. The summed E-state index contributed by atoms with van der Waals surface area (Å²) in [4.78, 5) is 11.0. The molecule has 1 nitrogen and oxygen atoms in total. The van der Waals surface area contributed by atoms with Gasteiger partial charge in [0.15, 0.2) is 11.6 Å². The molecule has 0 unspecified atom stereocenters. The van der Waals surface area contributed by atoms with Crippen LogP contribution in [0.4, 0.5) is 4.39 Å². The molecular weight excluding hydrogens is 255 g/mol. The van der Waals surface area contributed by atoms with Gasteiger partial charge < -0.3 is 0 Å². The minimum atomic E-state index is -1.05. The summed E-state index contributed by atoms with van der Waals surface area (Å²) >= 11 is 0. The minimum absolute atomic E-state index is 0.207. The number of rotatable bonds is 7. The number of carbonyl (C=O) groups excluding carboxylic acids is 1. The van der Waals surface area contributed by atoms with E-state index < -0.39 is 19.7 Å². The lowest BCUT2D eigenvalue weighted by Gasteiger charge is -2.09. The van der Waals surface area contributed by atoms with Crippen molar-refractivity contribution in [3.8, 4) is 11.8 Å². The van der Waals surface area contributed by atoms with E-state index in [9.17, 15) is 9.18 Å². The van der Waals surface area contributed by atoms with E-state index in [2.05, 4.69) is 44.1 Å². The van der Waals surface area contributed by atoms with Crippen molar-refractivity contribution in [1.82, 2.24) is 0 Å². The largest absolute Gasteiger partial charge is 0.292 e. The zero-order valence-electron chi connectivity index (χ0n) is 12.6. The van der Waals surface area contributed by atoms with Crippen LogP contribution in [0.2, 0.25) is 25.7 Å². The van der Waals surface area contributed by atoms with Gasteiger partial charge in [0.2, 0.25) is 0 Å². The molecule has 0 fully saturated rings. The first-order valence-corrected chi connectivity index (χ1v) is 10.4. The van der Waals surface area contributed by atoms with Gasteiger partial charge in [0.25, 0.3) is 0 Å². The molecule has 0 aliphatic rings. The maximum Gasteiger partial charge on any atom is 0.190 e. The average Bonchev–Trinajstić information content (AvgIpc) is 2.28. The Hall–Kier alpha value is -1.14.